The lowest BCUT2D eigenvalue weighted by Gasteiger charge is -2.39. The molecule has 38 heavy (non-hydrogen) atoms. The molecule has 1 N–H and O–H groups in total. The number of ketones is 1. The lowest BCUT2D eigenvalue weighted by atomic mass is 9.68. The fourth-order valence-electron chi connectivity index (χ4n) is 5.20. The number of carbonyl (C=O) groups is 2. The summed E-state index contributed by atoms with van der Waals surface area (Å²) in [6.07, 6.45) is 1.06. The first-order valence-electron chi connectivity index (χ1n) is 12.6. The van der Waals surface area contributed by atoms with E-state index in [-0.39, 0.29) is 24.4 Å². The number of benzene rings is 2. The molecular weight excluding hydrogens is 486 g/mol. The van der Waals surface area contributed by atoms with Crippen molar-refractivity contribution in [1.29, 1.82) is 0 Å². The molecule has 1 aliphatic heterocycles. The Morgan fingerprint density at radius 2 is 1.63 bits per heavy atom. The molecule has 0 radical (unpaired) electrons. The van der Waals surface area contributed by atoms with Gasteiger partial charge in [-0.15, -0.1) is 0 Å². The minimum Gasteiger partial charge on any atom is -0.493 e. The van der Waals surface area contributed by atoms with E-state index in [9.17, 15) is 9.59 Å². The third-order valence-electron chi connectivity index (χ3n) is 6.81. The van der Waals surface area contributed by atoms with Crippen LogP contribution in [0.15, 0.2) is 65.0 Å². The molecule has 0 bridgehead atoms. The van der Waals surface area contributed by atoms with Crippen molar-refractivity contribution in [3.05, 3.63) is 70.6 Å². The molecule has 2 aliphatic rings. The number of carbonyl (C=O) groups excluding carboxylic acids is 2. The van der Waals surface area contributed by atoms with Crippen LogP contribution >= 0.6 is 0 Å². The van der Waals surface area contributed by atoms with Gasteiger partial charge in [-0.25, -0.2) is 4.79 Å². The first kappa shape index (κ1) is 27.1. The van der Waals surface area contributed by atoms with Crippen molar-refractivity contribution >= 4 is 11.8 Å². The van der Waals surface area contributed by atoms with E-state index < -0.39 is 11.9 Å². The first-order chi connectivity index (χ1) is 18.2. The summed E-state index contributed by atoms with van der Waals surface area (Å²) in [5, 5.41) is 3.35. The van der Waals surface area contributed by atoms with E-state index in [4.69, 9.17) is 23.7 Å². The third kappa shape index (κ3) is 5.49. The summed E-state index contributed by atoms with van der Waals surface area (Å²) >= 11 is 0. The Hall–Kier alpha value is -3.94. The van der Waals surface area contributed by atoms with Gasteiger partial charge < -0.3 is 29.0 Å². The topological polar surface area (TPSA) is 92.3 Å². The summed E-state index contributed by atoms with van der Waals surface area (Å²) in [5.41, 5.74) is 2.87. The molecule has 0 amide bonds. The molecule has 0 spiro atoms. The Kier molecular flexibility index (Phi) is 7.99. The molecule has 0 unspecified atom stereocenters. The van der Waals surface area contributed by atoms with Crippen LogP contribution < -0.4 is 24.3 Å². The number of para-hydroxylation sites is 1. The second-order valence-corrected chi connectivity index (χ2v) is 10.2. The van der Waals surface area contributed by atoms with Crippen LogP contribution in [-0.2, 0) is 14.3 Å². The number of hydrogen-bond acceptors (Lipinski definition) is 8. The van der Waals surface area contributed by atoms with Crippen LogP contribution in [0, 0.1) is 5.41 Å². The largest absolute Gasteiger partial charge is 0.493 e. The van der Waals surface area contributed by atoms with Crippen LogP contribution in [0.5, 0.6) is 23.0 Å². The number of allylic oxidation sites excluding steroid dienone is 3. The van der Waals surface area contributed by atoms with Crippen molar-refractivity contribution in [1.82, 2.24) is 5.32 Å². The summed E-state index contributed by atoms with van der Waals surface area (Å²) in [7, 11) is 4.60. The minimum absolute atomic E-state index is 0.00675. The van der Waals surface area contributed by atoms with Gasteiger partial charge in [0.05, 0.1) is 26.9 Å². The van der Waals surface area contributed by atoms with Gasteiger partial charge in [0, 0.05) is 29.3 Å². The highest BCUT2D eigenvalue weighted by Gasteiger charge is 2.43. The lowest BCUT2D eigenvalue weighted by molar-refractivity contribution is -0.140. The zero-order valence-electron chi connectivity index (χ0n) is 22.8. The monoisotopic (exact) mass is 521 g/mol. The molecule has 2 aromatic rings. The van der Waals surface area contributed by atoms with E-state index in [1.54, 1.807) is 12.1 Å². The molecule has 2 aromatic carbocycles. The summed E-state index contributed by atoms with van der Waals surface area (Å²) < 4.78 is 28.0. The number of hydrogen-bond donors (Lipinski definition) is 1. The van der Waals surface area contributed by atoms with Gasteiger partial charge in [-0.05, 0) is 48.6 Å². The second-order valence-electron chi connectivity index (χ2n) is 10.2. The van der Waals surface area contributed by atoms with E-state index in [2.05, 4.69) is 19.2 Å². The number of methoxy groups -OCH3 is 3. The van der Waals surface area contributed by atoms with Crippen molar-refractivity contribution in [2.75, 3.05) is 34.5 Å². The molecule has 8 nitrogen and oxygen atoms in total. The maximum absolute atomic E-state index is 13.6. The number of esters is 1. The molecular formula is C30H35NO7. The normalized spacial score (nSPS) is 18.4. The zero-order valence-corrected chi connectivity index (χ0v) is 22.8. The van der Waals surface area contributed by atoms with E-state index in [1.165, 1.54) is 21.3 Å². The SMILES string of the molecule is COc1cc([C@H]2C(C(=O)OCCOc3ccccc3)=C(C)NC3=C2C(=O)CC(C)(C)C3)cc(OC)c1OC. The zero-order chi connectivity index (χ0) is 27.4. The Labute approximate surface area is 223 Å². The summed E-state index contributed by atoms with van der Waals surface area (Å²) in [4.78, 5) is 27.1. The fraction of sp³-hybridized carbons (Fsp3) is 0.400. The van der Waals surface area contributed by atoms with Gasteiger partial charge in [0.25, 0.3) is 0 Å². The molecule has 8 heteroatoms. The van der Waals surface area contributed by atoms with Gasteiger partial charge in [0.1, 0.15) is 19.0 Å². The maximum Gasteiger partial charge on any atom is 0.336 e. The Bertz CT molecular complexity index is 1250. The van der Waals surface area contributed by atoms with E-state index in [1.807, 2.05) is 37.3 Å². The number of Topliss-reactive ketones (excluding diaryl/α,β-unsaturated/α-hetero) is 1. The highest BCUT2D eigenvalue weighted by molar-refractivity contribution is 6.04. The van der Waals surface area contributed by atoms with Gasteiger partial charge in [-0.2, -0.15) is 0 Å². The second kappa shape index (κ2) is 11.2. The molecule has 202 valence electrons. The summed E-state index contributed by atoms with van der Waals surface area (Å²) in [6, 6.07) is 12.9. The quantitative estimate of drug-likeness (QED) is 0.367. The van der Waals surface area contributed by atoms with Crippen molar-refractivity contribution in [2.24, 2.45) is 5.41 Å². The average Bonchev–Trinajstić information content (AvgIpc) is 2.89. The molecule has 0 fully saturated rings. The Morgan fingerprint density at radius 1 is 0.974 bits per heavy atom. The van der Waals surface area contributed by atoms with Crippen LogP contribution in [0.4, 0.5) is 0 Å². The smallest absolute Gasteiger partial charge is 0.336 e. The predicted molar refractivity (Wildman–Crippen MR) is 143 cm³/mol. The van der Waals surface area contributed by atoms with Gasteiger partial charge in [-0.3, -0.25) is 4.79 Å². The molecule has 1 heterocycles. The third-order valence-corrected chi connectivity index (χ3v) is 6.81. The van der Waals surface area contributed by atoms with Gasteiger partial charge in [-0.1, -0.05) is 32.0 Å². The van der Waals surface area contributed by atoms with Gasteiger partial charge in [0.15, 0.2) is 17.3 Å². The highest BCUT2D eigenvalue weighted by atomic mass is 16.6. The fourth-order valence-corrected chi connectivity index (χ4v) is 5.20. The van der Waals surface area contributed by atoms with Crippen molar-refractivity contribution in [3.8, 4) is 23.0 Å². The van der Waals surface area contributed by atoms with Crippen molar-refractivity contribution < 1.29 is 33.3 Å². The molecule has 4 rings (SSSR count). The van der Waals surface area contributed by atoms with Crippen molar-refractivity contribution in [2.45, 2.75) is 39.5 Å². The van der Waals surface area contributed by atoms with Crippen LogP contribution in [0.3, 0.4) is 0 Å². The Balaban J connectivity index is 1.71. The molecule has 1 aliphatic carbocycles. The summed E-state index contributed by atoms with van der Waals surface area (Å²) in [6.45, 7) is 6.23. The molecule has 0 saturated carbocycles. The van der Waals surface area contributed by atoms with Crippen LogP contribution in [0.2, 0.25) is 0 Å². The van der Waals surface area contributed by atoms with E-state index in [0.717, 1.165) is 5.70 Å². The van der Waals surface area contributed by atoms with E-state index >= 15 is 0 Å². The van der Waals surface area contributed by atoms with Crippen LogP contribution in [-0.4, -0.2) is 46.3 Å². The number of rotatable bonds is 9. The molecule has 0 saturated heterocycles. The Morgan fingerprint density at radius 3 is 2.24 bits per heavy atom. The van der Waals surface area contributed by atoms with Gasteiger partial charge >= 0.3 is 5.97 Å². The number of ether oxygens (including phenoxy) is 5. The minimum atomic E-state index is -0.661. The predicted octanol–water partition coefficient (Wildman–Crippen LogP) is 4.94. The number of dihydropyridines is 1. The van der Waals surface area contributed by atoms with Crippen LogP contribution in [0.25, 0.3) is 0 Å². The first-order valence-corrected chi connectivity index (χ1v) is 12.6. The lowest BCUT2D eigenvalue weighted by Crippen LogP contribution is -2.38. The molecule has 1 atom stereocenters. The molecule has 0 aromatic heterocycles. The van der Waals surface area contributed by atoms with E-state index in [0.29, 0.717) is 58.2 Å². The average molecular weight is 522 g/mol. The van der Waals surface area contributed by atoms with Crippen molar-refractivity contribution in [3.63, 3.8) is 0 Å². The van der Waals surface area contributed by atoms with Gasteiger partial charge in [0.2, 0.25) is 5.75 Å². The highest BCUT2D eigenvalue weighted by Crippen LogP contribution is 2.49. The number of nitrogens with one attached hydrogen (secondary N) is 1. The maximum atomic E-state index is 13.6. The van der Waals surface area contributed by atoms with Crippen LogP contribution in [0.1, 0.15) is 45.1 Å². The standard InChI is InChI=1S/C30H35NO7/c1-18-25(29(33)38-13-12-37-20-10-8-7-9-11-20)26(27-21(31-18)16-30(2,3)17-22(27)32)19-14-23(34-4)28(36-6)24(15-19)35-5/h7-11,14-15,26,31H,12-13,16-17H2,1-6H3/t26-/m0/s1. The summed E-state index contributed by atoms with van der Waals surface area (Å²) in [5.74, 6) is 0.814.